The van der Waals surface area contributed by atoms with Gasteiger partial charge in [0.15, 0.2) is 0 Å². The molecule has 0 saturated carbocycles. The number of pyridine rings is 1. The first-order valence-corrected chi connectivity index (χ1v) is 5.88. The molecule has 0 radical (unpaired) electrons. The Morgan fingerprint density at radius 2 is 2.11 bits per heavy atom. The molecule has 3 nitrogen and oxygen atoms in total. The molecule has 0 fully saturated rings. The third-order valence-electron chi connectivity index (χ3n) is 2.27. The molecule has 1 aromatic heterocycles. The van der Waals surface area contributed by atoms with Crippen molar-refractivity contribution < 1.29 is 4.74 Å². The predicted molar refractivity (Wildman–Crippen MR) is 69.7 cm³/mol. The van der Waals surface area contributed by atoms with Crippen LogP contribution in [0.2, 0.25) is 10.0 Å². The summed E-state index contributed by atoms with van der Waals surface area (Å²) in [6, 6.07) is 10.5. The Kier molecular flexibility index (Phi) is 4.03. The number of nitriles is 1. The highest BCUT2D eigenvalue weighted by Gasteiger charge is 2.06. The van der Waals surface area contributed by atoms with E-state index in [1.54, 1.807) is 36.5 Å². The second-order valence-corrected chi connectivity index (χ2v) is 4.34. The minimum atomic E-state index is 0.238. The van der Waals surface area contributed by atoms with Crippen LogP contribution in [0.3, 0.4) is 0 Å². The highest BCUT2D eigenvalue weighted by molar-refractivity contribution is 6.35. The van der Waals surface area contributed by atoms with Gasteiger partial charge < -0.3 is 4.74 Å². The summed E-state index contributed by atoms with van der Waals surface area (Å²) in [5, 5.41) is 9.99. The van der Waals surface area contributed by atoms with Crippen LogP contribution in [0.1, 0.15) is 11.1 Å². The monoisotopic (exact) mass is 278 g/mol. The SMILES string of the molecule is N#Cc1cccnc1OCc1ccc(Cl)cc1Cl. The van der Waals surface area contributed by atoms with Gasteiger partial charge in [-0.15, -0.1) is 0 Å². The minimum absolute atomic E-state index is 0.238. The molecule has 0 atom stereocenters. The zero-order valence-corrected chi connectivity index (χ0v) is 10.7. The average molecular weight is 279 g/mol. The van der Waals surface area contributed by atoms with Crippen LogP contribution in [0, 0.1) is 11.3 Å². The Morgan fingerprint density at radius 1 is 1.28 bits per heavy atom. The van der Waals surface area contributed by atoms with Crippen LogP contribution in [-0.4, -0.2) is 4.98 Å². The maximum absolute atomic E-state index is 8.89. The third-order valence-corrected chi connectivity index (χ3v) is 2.86. The van der Waals surface area contributed by atoms with Gasteiger partial charge in [0.2, 0.25) is 5.88 Å². The average Bonchev–Trinajstić information content (AvgIpc) is 2.38. The van der Waals surface area contributed by atoms with E-state index in [9.17, 15) is 0 Å². The molecule has 0 aliphatic rings. The number of nitrogens with zero attached hydrogens (tertiary/aromatic N) is 2. The van der Waals surface area contributed by atoms with Crippen molar-refractivity contribution in [1.29, 1.82) is 5.26 Å². The van der Waals surface area contributed by atoms with Crippen molar-refractivity contribution >= 4 is 23.2 Å². The van der Waals surface area contributed by atoms with E-state index in [0.717, 1.165) is 5.56 Å². The molecule has 2 aromatic rings. The van der Waals surface area contributed by atoms with Crippen LogP contribution in [0.15, 0.2) is 36.5 Å². The molecule has 0 spiro atoms. The minimum Gasteiger partial charge on any atom is -0.472 e. The van der Waals surface area contributed by atoms with E-state index in [4.69, 9.17) is 33.2 Å². The molecule has 0 N–H and O–H groups in total. The second kappa shape index (κ2) is 5.72. The van der Waals surface area contributed by atoms with Crippen molar-refractivity contribution in [3.63, 3.8) is 0 Å². The van der Waals surface area contributed by atoms with E-state index in [1.807, 2.05) is 6.07 Å². The third kappa shape index (κ3) is 2.92. The van der Waals surface area contributed by atoms with Crippen molar-refractivity contribution in [2.45, 2.75) is 6.61 Å². The Morgan fingerprint density at radius 3 is 2.83 bits per heavy atom. The second-order valence-electron chi connectivity index (χ2n) is 3.49. The highest BCUT2D eigenvalue weighted by atomic mass is 35.5. The van der Waals surface area contributed by atoms with E-state index in [1.165, 1.54) is 0 Å². The van der Waals surface area contributed by atoms with E-state index in [-0.39, 0.29) is 6.61 Å². The maximum Gasteiger partial charge on any atom is 0.231 e. The molecule has 2 rings (SSSR count). The fourth-order valence-corrected chi connectivity index (χ4v) is 1.84. The van der Waals surface area contributed by atoms with Gasteiger partial charge in [0.1, 0.15) is 18.2 Å². The van der Waals surface area contributed by atoms with Crippen LogP contribution in [0.4, 0.5) is 0 Å². The van der Waals surface area contributed by atoms with Gasteiger partial charge in [-0.05, 0) is 24.3 Å². The maximum atomic E-state index is 8.89. The summed E-state index contributed by atoms with van der Waals surface area (Å²) >= 11 is 11.8. The van der Waals surface area contributed by atoms with Gasteiger partial charge >= 0.3 is 0 Å². The Bertz CT molecular complexity index is 608. The zero-order chi connectivity index (χ0) is 13.0. The molecule has 0 bridgehead atoms. The van der Waals surface area contributed by atoms with Crippen LogP contribution in [0.5, 0.6) is 5.88 Å². The summed E-state index contributed by atoms with van der Waals surface area (Å²) in [6.07, 6.45) is 1.57. The van der Waals surface area contributed by atoms with Gasteiger partial charge in [-0.3, -0.25) is 0 Å². The summed E-state index contributed by atoms with van der Waals surface area (Å²) in [6.45, 7) is 0.238. The standard InChI is InChI=1S/C13H8Cl2N2O/c14-11-4-3-10(12(15)6-11)8-18-13-9(7-16)2-1-5-17-13/h1-6H,8H2. The Balaban J connectivity index is 2.14. The molecular weight excluding hydrogens is 271 g/mol. The zero-order valence-electron chi connectivity index (χ0n) is 9.23. The molecule has 0 saturated heterocycles. The summed E-state index contributed by atoms with van der Waals surface area (Å²) in [5.41, 5.74) is 1.18. The van der Waals surface area contributed by atoms with Crippen molar-refractivity contribution in [2.75, 3.05) is 0 Å². The highest BCUT2D eigenvalue weighted by Crippen LogP contribution is 2.23. The molecule has 0 aliphatic carbocycles. The molecular formula is C13H8Cl2N2O. The van der Waals surface area contributed by atoms with Gasteiger partial charge in [0, 0.05) is 21.8 Å². The molecule has 0 aliphatic heterocycles. The number of aromatic nitrogens is 1. The number of hydrogen-bond donors (Lipinski definition) is 0. The Labute approximate surface area is 115 Å². The Hall–Kier alpha value is -1.76. The molecule has 0 unspecified atom stereocenters. The summed E-state index contributed by atoms with van der Waals surface area (Å²) < 4.78 is 5.47. The van der Waals surface area contributed by atoms with E-state index >= 15 is 0 Å². The lowest BCUT2D eigenvalue weighted by Gasteiger charge is -2.08. The lowest BCUT2D eigenvalue weighted by molar-refractivity contribution is 0.293. The van der Waals surface area contributed by atoms with Crippen molar-refractivity contribution in [2.24, 2.45) is 0 Å². The molecule has 1 aromatic carbocycles. The van der Waals surface area contributed by atoms with Crippen molar-refractivity contribution in [3.8, 4) is 11.9 Å². The number of halogens is 2. The fraction of sp³-hybridized carbons (Fsp3) is 0.0769. The van der Waals surface area contributed by atoms with Gasteiger partial charge in [0.25, 0.3) is 0 Å². The summed E-state index contributed by atoms with van der Waals surface area (Å²) in [5.74, 6) is 0.297. The summed E-state index contributed by atoms with van der Waals surface area (Å²) in [7, 11) is 0. The molecule has 5 heteroatoms. The van der Waals surface area contributed by atoms with Gasteiger partial charge in [-0.1, -0.05) is 29.3 Å². The molecule has 1 heterocycles. The number of benzene rings is 1. The quantitative estimate of drug-likeness (QED) is 0.857. The largest absolute Gasteiger partial charge is 0.472 e. The topological polar surface area (TPSA) is 45.9 Å². The van der Waals surface area contributed by atoms with Crippen LogP contribution < -0.4 is 4.74 Å². The summed E-state index contributed by atoms with van der Waals surface area (Å²) in [4.78, 5) is 4.00. The molecule has 0 amide bonds. The van der Waals surface area contributed by atoms with Crippen molar-refractivity contribution in [1.82, 2.24) is 4.98 Å². The molecule has 90 valence electrons. The lowest BCUT2D eigenvalue weighted by atomic mass is 10.2. The smallest absolute Gasteiger partial charge is 0.231 e. The number of ether oxygens (including phenoxy) is 1. The van der Waals surface area contributed by atoms with Crippen LogP contribution in [0.25, 0.3) is 0 Å². The van der Waals surface area contributed by atoms with E-state index in [2.05, 4.69) is 4.98 Å². The van der Waals surface area contributed by atoms with Crippen molar-refractivity contribution in [3.05, 3.63) is 57.7 Å². The first-order valence-electron chi connectivity index (χ1n) is 5.12. The number of hydrogen-bond acceptors (Lipinski definition) is 3. The predicted octanol–water partition coefficient (Wildman–Crippen LogP) is 3.84. The van der Waals surface area contributed by atoms with E-state index < -0.39 is 0 Å². The first-order chi connectivity index (χ1) is 8.70. The van der Waals surface area contributed by atoms with E-state index in [0.29, 0.717) is 21.5 Å². The lowest BCUT2D eigenvalue weighted by Crippen LogP contribution is -1.99. The van der Waals surface area contributed by atoms with Crippen LogP contribution >= 0.6 is 23.2 Å². The van der Waals surface area contributed by atoms with Gasteiger partial charge in [-0.25, -0.2) is 4.98 Å². The number of rotatable bonds is 3. The fourth-order valence-electron chi connectivity index (χ4n) is 1.38. The molecule has 18 heavy (non-hydrogen) atoms. The normalized spacial score (nSPS) is 9.83. The van der Waals surface area contributed by atoms with Gasteiger partial charge in [-0.2, -0.15) is 5.26 Å². The van der Waals surface area contributed by atoms with Crippen LogP contribution in [-0.2, 0) is 6.61 Å². The van der Waals surface area contributed by atoms with Gasteiger partial charge in [0.05, 0.1) is 0 Å². The first kappa shape index (κ1) is 12.7.